The number of carbonyl (C=O) groups is 1. The number of nitrogens with zero attached hydrogens (tertiary/aromatic N) is 2. The van der Waals surface area contributed by atoms with E-state index in [1.807, 2.05) is 35.2 Å². The van der Waals surface area contributed by atoms with Crippen LogP contribution in [0.5, 0.6) is 0 Å². The van der Waals surface area contributed by atoms with Crippen LogP contribution in [-0.4, -0.2) is 47.0 Å². The molecule has 0 radical (unpaired) electrons. The van der Waals surface area contributed by atoms with Gasteiger partial charge in [0.15, 0.2) is 0 Å². The summed E-state index contributed by atoms with van der Waals surface area (Å²) in [5.74, 6) is 0. The van der Waals surface area contributed by atoms with Gasteiger partial charge in [-0.3, -0.25) is 4.90 Å². The Balaban J connectivity index is 1.61. The maximum Gasteiger partial charge on any atom is 0.321 e. The van der Waals surface area contributed by atoms with E-state index in [9.17, 15) is 4.79 Å². The summed E-state index contributed by atoms with van der Waals surface area (Å²) >= 11 is 0. The van der Waals surface area contributed by atoms with Crippen molar-refractivity contribution in [1.82, 2.24) is 9.80 Å². The first-order valence-corrected chi connectivity index (χ1v) is 8.53. The number of para-hydroxylation sites is 1. The number of urea groups is 1. The zero-order chi connectivity index (χ0) is 15.5. The molecule has 0 saturated carbocycles. The molecule has 2 aliphatic heterocycles. The Morgan fingerprint density at radius 1 is 1.09 bits per heavy atom. The number of amides is 2. The third kappa shape index (κ3) is 3.27. The fourth-order valence-corrected chi connectivity index (χ4v) is 4.04. The standard InChI is InChI=1S/C18H27N3O/c1-14-10-11-15(2)21(14)17-9-6-12-20(13-17)18(22)19-16-7-4-3-5-8-16/h3-5,7-8,14-15,17H,6,9-13H2,1-2H3,(H,19,22)/t14-,15-,17-/m1/s1. The molecule has 2 heterocycles. The summed E-state index contributed by atoms with van der Waals surface area (Å²) in [5.41, 5.74) is 0.873. The molecule has 120 valence electrons. The summed E-state index contributed by atoms with van der Waals surface area (Å²) in [4.78, 5) is 17.1. The van der Waals surface area contributed by atoms with E-state index < -0.39 is 0 Å². The molecule has 0 spiro atoms. The predicted molar refractivity (Wildman–Crippen MR) is 90.1 cm³/mol. The van der Waals surface area contributed by atoms with Crippen molar-refractivity contribution in [3.05, 3.63) is 30.3 Å². The molecule has 0 aliphatic carbocycles. The van der Waals surface area contributed by atoms with Gasteiger partial charge in [-0.05, 0) is 51.7 Å². The van der Waals surface area contributed by atoms with Gasteiger partial charge in [0, 0.05) is 36.9 Å². The van der Waals surface area contributed by atoms with Gasteiger partial charge in [-0.25, -0.2) is 4.79 Å². The molecule has 4 heteroatoms. The number of nitrogens with one attached hydrogen (secondary N) is 1. The average Bonchev–Trinajstić information content (AvgIpc) is 2.87. The molecular formula is C18H27N3O. The number of rotatable bonds is 2. The second kappa shape index (κ2) is 6.69. The van der Waals surface area contributed by atoms with E-state index in [1.165, 1.54) is 19.3 Å². The molecule has 0 aromatic heterocycles. The van der Waals surface area contributed by atoms with Gasteiger partial charge in [-0.2, -0.15) is 0 Å². The normalized spacial score (nSPS) is 29.5. The maximum atomic E-state index is 12.5. The van der Waals surface area contributed by atoms with E-state index in [1.54, 1.807) is 0 Å². The lowest BCUT2D eigenvalue weighted by Crippen LogP contribution is -2.53. The van der Waals surface area contributed by atoms with E-state index in [2.05, 4.69) is 24.1 Å². The third-order valence-electron chi connectivity index (χ3n) is 5.15. The van der Waals surface area contributed by atoms with Gasteiger partial charge in [0.25, 0.3) is 0 Å². The summed E-state index contributed by atoms with van der Waals surface area (Å²) in [5, 5.41) is 3.01. The van der Waals surface area contributed by atoms with Crippen molar-refractivity contribution in [3.8, 4) is 0 Å². The van der Waals surface area contributed by atoms with Crippen molar-refractivity contribution in [2.24, 2.45) is 0 Å². The average molecular weight is 301 g/mol. The van der Waals surface area contributed by atoms with Crippen LogP contribution in [0.25, 0.3) is 0 Å². The fraction of sp³-hybridized carbons (Fsp3) is 0.611. The SMILES string of the molecule is C[C@@H]1CC[C@@H](C)N1[C@@H]1CCCN(C(=O)Nc2ccccc2)C1. The number of carbonyl (C=O) groups excluding carboxylic acids is 1. The highest BCUT2D eigenvalue weighted by molar-refractivity contribution is 5.89. The number of anilines is 1. The Hall–Kier alpha value is -1.55. The summed E-state index contributed by atoms with van der Waals surface area (Å²) in [6.45, 7) is 6.37. The van der Waals surface area contributed by atoms with Crippen molar-refractivity contribution in [1.29, 1.82) is 0 Å². The smallest absolute Gasteiger partial charge is 0.321 e. The van der Waals surface area contributed by atoms with E-state index in [4.69, 9.17) is 0 Å². The molecule has 0 bridgehead atoms. The largest absolute Gasteiger partial charge is 0.323 e. The van der Waals surface area contributed by atoms with Gasteiger partial charge in [0.1, 0.15) is 0 Å². The minimum atomic E-state index is 0.0374. The Morgan fingerprint density at radius 2 is 1.77 bits per heavy atom. The van der Waals surface area contributed by atoms with Crippen LogP contribution in [0.15, 0.2) is 30.3 Å². The first-order valence-electron chi connectivity index (χ1n) is 8.53. The first kappa shape index (κ1) is 15.3. The second-order valence-electron chi connectivity index (χ2n) is 6.76. The fourth-order valence-electron chi connectivity index (χ4n) is 4.04. The molecule has 2 fully saturated rings. The summed E-state index contributed by atoms with van der Waals surface area (Å²) < 4.78 is 0. The Bertz CT molecular complexity index is 494. The zero-order valence-electron chi connectivity index (χ0n) is 13.7. The molecule has 22 heavy (non-hydrogen) atoms. The van der Waals surface area contributed by atoms with Gasteiger partial charge in [0.05, 0.1) is 0 Å². The monoisotopic (exact) mass is 301 g/mol. The number of likely N-dealkylation sites (tertiary alicyclic amines) is 2. The first-order chi connectivity index (χ1) is 10.6. The second-order valence-corrected chi connectivity index (χ2v) is 6.76. The van der Waals surface area contributed by atoms with E-state index >= 15 is 0 Å². The van der Waals surface area contributed by atoms with E-state index in [0.29, 0.717) is 18.1 Å². The molecular weight excluding hydrogens is 274 g/mol. The number of hydrogen-bond donors (Lipinski definition) is 1. The molecule has 0 unspecified atom stereocenters. The van der Waals surface area contributed by atoms with Crippen LogP contribution in [-0.2, 0) is 0 Å². The number of piperidine rings is 1. The summed E-state index contributed by atoms with van der Waals surface area (Å²) in [6, 6.07) is 11.6. The highest BCUT2D eigenvalue weighted by atomic mass is 16.2. The van der Waals surface area contributed by atoms with Crippen LogP contribution in [0.2, 0.25) is 0 Å². The molecule has 2 saturated heterocycles. The van der Waals surface area contributed by atoms with Gasteiger partial charge < -0.3 is 10.2 Å². The molecule has 2 amide bonds. The van der Waals surface area contributed by atoms with Gasteiger partial charge in [-0.15, -0.1) is 0 Å². The maximum absolute atomic E-state index is 12.5. The molecule has 4 nitrogen and oxygen atoms in total. The number of benzene rings is 1. The lowest BCUT2D eigenvalue weighted by molar-refractivity contribution is 0.0838. The Kier molecular flexibility index (Phi) is 4.67. The Morgan fingerprint density at radius 3 is 2.45 bits per heavy atom. The quantitative estimate of drug-likeness (QED) is 0.906. The topological polar surface area (TPSA) is 35.6 Å². The lowest BCUT2D eigenvalue weighted by atomic mass is 10.0. The zero-order valence-corrected chi connectivity index (χ0v) is 13.7. The van der Waals surface area contributed by atoms with E-state index in [0.717, 1.165) is 25.2 Å². The van der Waals surface area contributed by atoms with Gasteiger partial charge in [0.2, 0.25) is 0 Å². The van der Waals surface area contributed by atoms with Crippen molar-refractivity contribution >= 4 is 11.7 Å². The molecule has 1 aromatic carbocycles. The minimum Gasteiger partial charge on any atom is -0.323 e. The Labute approximate surface area is 133 Å². The van der Waals surface area contributed by atoms with Crippen molar-refractivity contribution in [3.63, 3.8) is 0 Å². The third-order valence-corrected chi connectivity index (χ3v) is 5.15. The molecule has 3 atom stereocenters. The van der Waals surface area contributed by atoms with Crippen molar-refractivity contribution in [2.75, 3.05) is 18.4 Å². The predicted octanol–water partition coefficient (Wildman–Crippen LogP) is 3.56. The lowest BCUT2D eigenvalue weighted by Gasteiger charge is -2.41. The molecule has 2 aliphatic rings. The summed E-state index contributed by atoms with van der Waals surface area (Å²) in [6.07, 6.45) is 4.88. The van der Waals surface area contributed by atoms with Crippen molar-refractivity contribution in [2.45, 2.75) is 57.7 Å². The van der Waals surface area contributed by atoms with Crippen LogP contribution in [0.1, 0.15) is 39.5 Å². The van der Waals surface area contributed by atoms with Crippen LogP contribution in [0, 0.1) is 0 Å². The van der Waals surface area contributed by atoms with Crippen LogP contribution in [0.3, 0.4) is 0 Å². The molecule has 1 N–H and O–H groups in total. The van der Waals surface area contributed by atoms with E-state index in [-0.39, 0.29) is 6.03 Å². The highest BCUT2D eigenvalue weighted by Gasteiger charge is 2.36. The van der Waals surface area contributed by atoms with Crippen LogP contribution < -0.4 is 5.32 Å². The van der Waals surface area contributed by atoms with Crippen LogP contribution >= 0.6 is 0 Å². The minimum absolute atomic E-state index is 0.0374. The van der Waals surface area contributed by atoms with Gasteiger partial charge >= 0.3 is 6.03 Å². The summed E-state index contributed by atoms with van der Waals surface area (Å²) in [7, 11) is 0. The van der Waals surface area contributed by atoms with Crippen LogP contribution in [0.4, 0.5) is 10.5 Å². The van der Waals surface area contributed by atoms with Gasteiger partial charge in [-0.1, -0.05) is 18.2 Å². The molecule has 1 aromatic rings. The van der Waals surface area contributed by atoms with Crippen molar-refractivity contribution < 1.29 is 4.79 Å². The molecule has 3 rings (SSSR count). The number of hydrogen-bond acceptors (Lipinski definition) is 2. The highest BCUT2D eigenvalue weighted by Crippen LogP contribution is 2.29.